The molecule has 0 atom stereocenters. The van der Waals surface area contributed by atoms with Crippen LogP contribution in [-0.2, 0) is 19.6 Å². The average Bonchev–Trinajstić information content (AvgIpc) is 3.43. The molecule has 1 aliphatic rings. The number of para-hydroxylation sites is 1. The highest BCUT2D eigenvalue weighted by Gasteiger charge is 2.27. The van der Waals surface area contributed by atoms with Gasteiger partial charge in [-0.25, -0.2) is 13.2 Å². The number of rotatable bonds is 6. The van der Waals surface area contributed by atoms with E-state index in [0.717, 1.165) is 18.4 Å². The highest BCUT2D eigenvalue weighted by Crippen LogP contribution is 2.23. The number of nitrogens with one attached hydrogen (secondary N) is 2. The second kappa shape index (κ2) is 8.29. The lowest BCUT2D eigenvalue weighted by Crippen LogP contribution is -2.28. The smallest absolute Gasteiger partial charge is 0.340 e. The SMILES string of the molecule is O=C(COC(=O)c1c[nH]c2ccccc12)Nc1cccc(S(=O)(=O)N2CCCC2)c1. The van der Waals surface area contributed by atoms with Crippen LogP contribution in [0.4, 0.5) is 5.69 Å². The van der Waals surface area contributed by atoms with Gasteiger partial charge in [0.1, 0.15) is 0 Å². The number of ether oxygens (including phenoxy) is 1. The van der Waals surface area contributed by atoms with Crippen molar-refractivity contribution in [3.05, 3.63) is 60.3 Å². The van der Waals surface area contributed by atoms with Gasteiger partial charge in [0.05, 0.1) is 10.5 Å². The number of esters is 1. The summed E-state index contributed by atoms with van der Waals surface area (Å²) in [5.74, 6) is -1.17. The molecule has 0 bridgehead atoms. The number of carbonyl (C=O) groups excluding carboxylic acids is 2. The lowest BCUT2D eigenvalue weighted by molar-refractivity contribution is -0.119. The first-order valence-electron chi connectivity index (χ1n) is 9.58. The molecule has 1 amide bonds. The summed E-state index contributed by atoms with van der Waals surface area (Å²) in [6.07, 6.45) is 3.23. The minimum Gasteiger partial charge on any atom is -0.452 e. The van der Waals surface area contributed by atoms with E-state index in [1.54, 1.807) is 18.2 Å². The van der Waals surface area contributed by atoms with Crippen LogP contribution in [0.3, 0.4) is 0 Å². The van der Waals surface area contributed by atoms with Gasteiger partial charge in [-0.1, -0.05) is 24.3 Å². The summed E-state index contributed by atoms with van der Waals surface area (Å²) in [7, 11) is -3.58. The van der Waals surface area contributed by atoms with Crippen LogP contribution in [0.1, 0.15) is 23.2 Å². The molecule has 1 aromatic heterocycles. The molecule has 2 heterocycles. The van der Waals surface area contributed by atoms with E-state index in [0.29, 0.717) is 29.7 Å². The summed E-state index contributed by atoms with van der Waals surface area (Å²) < 4.78 is 31.9. The molecule has 2 N–H and O–H groups in total. The Morgan fingerprint density at radius 3 is 2.63 bits per heavy atom. The van der Waals surface area contributed by atoms with E-state index in [2.05, 4.69) is 10.3 Å². The Bertz CT molecular complexity index is 1200. The Balaban J connectivity index is 1.39. The minimum absolute atomic E-state index is 0.123. The van der Waals surface area contributed by atoms with E-state index in [1.807, 2.05) is 18.2 Å². The third-order valence-electron chi connectivity index (χ3n) is 4.96. The van der Waals surface area contributed by atoms with Crippen molar-refractivity contribution < 1.29 is 22.7 Å². The first kappa shape index (κ1) is 20.1. The normalized spacial score (nSPS) is 14.7. The van der Waals surface area contributed by atoms with Gasteiger partial charge < -0.3 is 15.0 Å². The number of hydrogen-bond acceptors (Lipinski definition) is 5. The van der Waals surface area contributed by atoms with Gasteiger partial charge in [0.25, 0.3) is 5.91 Å². The van der Waals surface area contributed by atoms with Gasteiger partial charge in [-0.2, -0.15) is 4.31 Å². The van der Waals surface area contributed by atoms with Crippen LogP contribution < -0.4 is 5.32 Å². The van der Waals surface area contributed by atoms with Gasteiger partial charge >= 0.3 is 5.97 Å². The number of hydrogen-bond donors (Lipinski definition) is 2. The molecule has 30 heavy (non-hydrogen) atoms. The Morgan fingerprint density at radius 2 is 1.83 bits per heavy atom. The Kier molecular flexibility index (Phi) is 5.56. The molecule has 1 saturated heterocycles. The maximum atomic E-state index is 12.7. The first-order valence-corrected chi connectivity index (χ1v) is 11.0. The Morgan fingerprint density at radius 1 is 1.07 bits per heavy atom. The predicted octanol–water partition coefficient (Wildman–Crippen LogP) is 2.75. The number of benzene rings is 2. The molecule has 0 unspecified atom stereocenters. The van der Waals surface area contributed by atoms with Crippen molar-refractivity contribution in [3.63, 3.8) is 0 Å². The second-order valence-electron chi connectivity index (χ2n) is 7.01. The standard InChI is InChI=1S/C21H21N3O5S/c25-20(14-29-21(26)18-13-22-19-9-2-1-8-17(18)19)23-15-6-5-7-16(12-15)30(27,28)24-10-3-4-11-24/h1-2,5-9,12-13,22H,3-4,10-11,14H2,(H,23,25). The molecule has 4 rings (SSSR count). The summed E-state index contributed by atoms with van der Waals surface area (Å²) in [6.45, 7) is 0.521. The van der Waals surface area contributed by atoms with Crippen LogP contribution in [0.15, 0.2) is 59.6 Å². The van der Waals surface area contributed by atoms with E-state index < -0.39 is 28.5 Å². The zero-order valence-corrected chi connectivity index (χ0v) is 16.9. The van der Waals surface area contributed by atoms with E-state index in [-0.39, 0.29) is 4.90 Å². The molecule has 0 aliphatic carbocycles. The summed E-state index contributed by atoms with van der Waals surface area (Å²) in [5, 5.41) is 3.29. The van der Waals surface area contributed by atoms with E-state index in [9.17, 15) is 18.0 Å². The van der Waals surface area contributed by atoms with Gasteiger partial charge in [0.2, 0.25) is 10.0 Å². The molecule has 1 aliphatic heterocycles. The predicted molar refractivity (Wildman–Crippen MR) is 112 cm³/mol. The zero-order valence-electron chi connectivity index (χ0n) is 16.1. The Labute approximate surface area is 173 Å². The largest absolute Gasteiger partial charge is 0.452 e. The van der Waals surface area contributed by atoms with E-state index in [4.69, 9.17) is 4.74 Å². The number of aromatic nitrogens is 1. The van der Waals surface area contributed by atoms with Crippen molar-refractivity contribution in [2.75, 3.05) is 25.0 Å². The third-order valence-corrected chi connectivity index (χ3v) is 6.86. The zero-order chi connectivity index (χ0) is 21.1. The minimum atomic E-state index is -3.58. The molecule has 0 radical (unpaired) electrons. The first-order chi connectivity index (χ1) is 14.4. The number of H-pyrrole nitrogens is 1. The quantitative estimate of drug-likeness (QED) is 0.588. The number of carbonyl (C=O) groups is 2. The van der Waals surface area contributed by atoms with Crippen molar-refractivity contribution in [1.82, 2.24) is 9.29 Å². The van der Waals surface area contributed by atoms with Gasteiger partial charge in [0, 0.05) is 35.9 Å². The number of nitrogens with zero attached hydrogens (tertiary/aromatic N) is 1. The lowest BCUT2D eigenvalue weighted by atomic mass is 10.2. The number of anilines is 1. The summed E-state index contributed by atoms with van der Waals surface area (Å²) in [4.78, 5) is 27.6. The Hall–Kier alpha value is -3.17. The van der Waals surface area contributed by atoms with Crippen LogP contribution in [-0.4, -0.2) is 49.3 Å². The molecule has 156 valence electrons. The van der Waals surface area contributed by atoms with Crippen LogP contribution in [0.2, 0.25) is 0 Å². The molecule has 9 heteroatoms. The van der Waals surface area contributed by atoms with Crippen molar-refractivity contribution >= 4 is 38.5 Å². The summed E-state index contributed by atoms with van der Waals surface area (Å²) in [6, 6.07) is 13.3. The fraction of sp³-hybridized carbons (Fsp3) is 0.238. The monoisotopic (exact) mass is 427 g/mol. The van der Waals surface area contributed by atoms with Gasteiger partial charge in [0.15, 0.2) is 6.61 Å². The second-order valence-corrected chi connectivity index (χ2v) is 8.95. The average molecular weight is 427 g/mol. The van der Waals surface area contributed by atoms with Crippen molar-refractivity contribution in [1.29, 1.82) is 0 Å². The van der Waals surface area contributed by atoms with Crippen LogP contribution >= 0.6 is 0 Å². The molecule has 8 nitrogen and oxygen atoms in total. The summed E-state index contributed by atoms with van der Waals surface area (Å²) >= 11 is 0. The van der Waals surface area contributed by atoms with Gasteiger partial charge in [-0.05, 0) is 37.1 Å². The topological polar surface area (TPSA) is 109 Å². The molecule has 0 saturated carbocycles. The van der Waals surface area contributed by atoms with Crippen molar-refractivity contribution in [3.8, 4) is 0 Å². The fourth-order valence-corrected chi connectivity index (χ4v) is 5.02. The fourth-order valence-electron chi connectivity index (χ4n) is 3.46. The molecular weight excluding hydrogens is 406 g/mol. The maximum absolute atomic E-state index is 12.7. The van der Waals surface area contributed by atoms with Gasteiger partial charge in [-0.3, -0.25) is 4.79 Å². The van der Waals surface area contributed by atoms with E-state index in [1.165, 1.54) is 22.6 Å². The summed E-state index contributed by atoms with van der Waals surface area (Å²) in [5.41, 5.74) is 1.46. The highest BCUT2D eigenvalue weighted by atomic mass is 32.2. The third kappa shape index (κ3) is 4.07. The number of amides is 1. The number of sulfonamides is 1. The molecule has 0 spiro atoms. The highest BCUT2D eigenvalue weighted by molar-refractivity contribution is 7.89. The van der Waals surface area contributed by atoms with Crippen molar-refractivity contribution in [2.24, 2.45) is 0 Å². The molecular formula is C21H21N3O5S. The molecule has 2 aromatic carbocycles. The van der Waals surface area contributed by atoms with Gasteiger partial charge in [-0.15, -0.1) is 0 Å². The molecule has 3 aromatic rings. The number of aromatic amines is 1. The number of fused-ring (bicyclic) bond motifs is 1. The molecule has 1 fully saturated rings. The van der Waals surface area contributed by atoms with Crippen LogP contribution in [0.5, 0.6) is 0 Å². The van der Waals surface area contributed by atoms with Crippen molar-refractivity contribution in [2.45, 2.75) is 17.7 Å². The maximum Gasteiger partial charge on any atom is 0.340 e. The van der Waals surface area contributed by atoms with E-state index >= 15 is 0 Å². The van der Waals surface area contributed by atoms with Crippen LogP contribution in [0.25, 0.3) is 10.9 Å². The van der Waals surface area contributed by atoms with Crippen LogP contribution in [0, 0.1) is 0 Å². The lowest BCUT2D eigenvalue weighted by Gasteiger charge is -2.16.